The Hall–Kier alpha value is -4.10. The number of halogens is 2. The van der Waals surface area contributed by atoms with Gasteiger partial charge in [0.25, 0.3) is 0 Å². The predicted molar refractivity (Wildman–Crippen MR) is 124 cm³/mol. The van der Waals surface area contributed by atoms with Crippen LogP contribution in [0.5, 0.6) is 0 Å². The molecule has 0 bridgehead atoms. The highest BCUT2D eigenvalue weighted by atomic mass is 32.2. The van der Waals surface area contributed by atoms with Crippen LogP contribution in [-0.2, 0) is 10.0 Å². The van der Waals surface area contributed by atoms with E-state index in [9.17, 15) is 17.6 Å². The molecule has 10 heteroatoms. The van der Waals surface area contributed by atoms with E-state index in [1.807, 2.05) is 6.07 Å². The summed E-state index contributed by atoms with van der Waals surface area (Å²) in [4.78, 5) is 20.3. The second kappa shape index (κ2) is 9.03. The first kappa shape index (κ1) is 23.1. The van der Waals surface area contributed by atoms with Gasteiger partial charge in [0.05, 0.1) is 28.6 Å². The SMILES string of the molecule is CCCS(=O)(=O)Nc1ccc(F)c(C(=O)c2c[nH]c3ncc(-c4cccc(C#N)c4)cc23)c1F. The minimum absolute atomic E-state index is 0.0350. The lowest BCUT2D eigenvalue weighted by Crippen LogP contribution is -2.18. The van der Waals surface area contributed by atoms with Gasteiger partial charge < -0.3 is 4.98 Å². The number of nitriles is 1. The van der Waals surface area contributed by atoms with Gasteiger partial charge in [0.2, 0.25) is 15.8 Å². The van der Waals surface area contributed by atoms with Gasteiger partial charge in [-0.3, -0.25) is 9.52 Å². The van der Waals surface area contributed by atoms with Gasteiger partial charge in [-0.2, -0.15) is 5.26 Å². The number of pyridine rings is 1. The number of ketones is 1. The molecule has 0 fully saturated rings. The van der Waals surface area contributed by atoms with Crippen molar-refractivity contribution in [3.05, 3.63) is 83.2 Å². The maximum atomic E-state index is 15.1. The summed E-state index contributed by atoms with van der Waals surface area (Å²) in [5.41, 5.74) is 0.614. The summed E-state index contributed by atoms with van der Waals surface area (Å²) in [5, 5.41) is 9.46. The van der Waals surface area contributed by atoms with Crippen LogP contribution in [0.25, 0.3) is 22.2 Å². The van der Waals surface area contributed by atoms with Crippen LogP contribution in [0.3, 0.4) is 0 Å². The highest BCUT2D eigenvalue weighted by Gasteiger charge is 2.26. The van der Waals surface area contributed by atoms with E-state index in [0.29, 0.717) is 34.1 Å². The summed E-state index contributed by atoms with van der Waals surface area (Å²) >= 11 is 0. The van der Waals surface area contributed by atoms with Gasteiger partial charge in [0.15, 0.2) is 5.82 Å². The van der Waals surface area contributed by atoms with Crippen molar-refractivity contribution in [3.8, 4) is 17.2 Å². The number of sulfonamides is 1. The van der Waals surface area contributed by atoms with E-state index in [0.717, 1.165) is 12.1 Å². The molecule has 0 amide bonds. The van der Waals surface area contributed by atoms with Crippen molar-refractivity contribution < 1.29 is 22.0 Å². The summed E-state index contributed by atoms with van der Waals surface area (Å²) in [5.74, 6) is -3.65. The van der Waals surface area contributed by atoms with Crippen LogP contribution in [0.1, 0.15) is 34.8 Å². The Kier molecular flexibility index (Phi) is 6.13. The number of carbonyl (C=O) groups is 1. The fourth-order valence-electron chi connectivity index (χ4n) is 3.58. The van der Waals surface area contributed by atoms with E-state index in [2.05, 4.69) is 14.7 Å². The standard InChI is InChI=1S/C24H18F2N4O3S/c1-2-8-34(32,33)30-20-7-6-19(25)21(22(20)26)23(31)18-13-29-24-17(18)10-16(12-28-24)15-5-3-4-14(9-15)11-27/h3-7,9-10,12-13,30H,2,8H2,1H3,(H,28,29). The number of aromatic amines is 1. The number of nitrogens with one attached hydrogen (secondary N) is 2. The van der Waals surface area contributed by atoms with Gasteiger partial charge >= 0.3 is 0 Å². The third-order valence-electron chi connectivity index (χ3n) is 5.16. The Morgan fingerprint density at radius 2 is 1.97 bits per heavy atom. The van der Waals surface area contributed by atoms with E-state index in [-0.39, 0.29) is 11.3 Å². The van der Waals surface area contributed by atoms with Gasteiger partial charge in [0, 0.05) is 28.9 Å². The summed E-state index contributed by atoms with van der Waals surface area (Å²) in [6.45, 7) is 1.64. The molecule has 0 saturated heterocycles. The van der Waals surface area contributed by atoms with Crippen LogP contribution in [0.4, 0.5) is 14.5 Å². The van der Waals surface area contributed by atoms with Gasteiger partial charge in [-0.05, 0) is 42.3 Å². The molecule has 0 saturated carbocycles. The summed E-state index contributed by atoms with van der Waals surface area (Å²) in [6.07, 6.45) is 3.14. The Balaban J connectivity index is 1.79. The molecule has 172 valence electrons. The van der Waals surface area contributed by atoms with Crippen LogP contribution < -0.4 is 4.72 Å². The van der Waals surface area contributed by atoms with Gasteiger partial charge in [-0.15, -0.1) is 0 Å². The lowest BCUT2D eigenvalue weighted by atomic mass is 9.99. The Bertz CT molecular complexity index is 1570. The molecule has 34 heavy (non-hydrogen) atoms. The molecule has 4 rings (SSSR count). The molecule has 2 heterocycles. The van der Waals surface area contributed by atoms with Crippen molar-refractivity contribution in [1.82, 2.24) is 9.97 Å². The normalized spacial score (nSPS) is 11.4. The van der Waals surface area contributed by atoms with E-state index in [1.165, 1.54) is 6.20 Å². The van der Waals surface area contributed by atoms with Crippen LogP contribution >= 0.6 is 0 Å². The number of nitrogens with zero attached hydrogens (tertiary/aromatic N) is 2. The molecule has 0 aliphatic carbocycles. The third kappa shape index (κ3) is 4.38. The minimum Gasteiger partial charge on any atom is -0.345 e. The number of rotatable bonds is 7. The molecule has 0 atom stereocenters. The second-order valence-corrected chi connectivity index (χ2v) is 9.39. The van der Waals surface area contributed by atoms with Crippen molar-refractivity contribution in [2.24, 2.45) is 0 Å². The van der Waals surface area contributed by atoms with E-state index in [1.54, 1.807) is 43.5 Å². The van der Waals surface area contributed by atoms with Crippen LogP contribution in [0.2, 0.25) is 0 Å². The van der Waals surface area contributed by atoms with Gasteiger partial charge in [-0.1, -0.05) is 19.1 Å². The smallest absolute Gasteiger partial charge is 0.232 e. The Morgan fingerprint density at radius 1 is 1.18 bits per heavy atom. The maximum Gasteiger partial charge on any atom is 0.232 e. The van der Waals surface area contributed by atoms with Gasteiger partial charge in [-0.25, -0.2) is 22.2 Å². The molecule has 0 aliphatic rings. The third-order valence-corrected chi connectivity index (χ3v) is 6.63. The fourth-order valence-corrected chi connectivity index (χ4v) is 4.71. The first-order valence-corrected chi connectivity index (χ1v) is 11.9. The molecule has 2 aromatic carbocycles. The molecule has 0 unspecified atom stereocenters. The van der Waals surface area contributed by atoms with Crippen LogP contribution in [-0.4, -0.2) is 29.9 Å². The monoisotopic (exact) mass is 480 g/mol. The molecule has 7 nitrogen and oxygen atoms in total. The predicted octanol–water partition coefficient (Wildman–Crippen LogP) is 4.76. The number of anilines is 1. The molecule has 0 radical (unpaired) electrons. The van der Waals surface area contributed by atoms with Crippen molar-refractivity contribution >= 4 is 32.5 Å². The molecular weight excluding hydrogens is 462 g/mol. The zero-order chi connectivity index (χ0) is 24.5. The maximum absolute atomic E-state index is 15.1. The summed E-state index contributed by atoms with van der Waals surface area (Å²) in [7, 11) is -3.86. The molecule has 0 spiro atoms. The number of hydrogen-bond acceptors (Lipinski definition) is 5. The van der Waals surface area contributed by atoms with Crippen molar-refractivity contribution in [3.63, 3.8) is 0 Å². The minimum atomic E-state index is -3.86. The second-order valence-electron chi connectivity index (χ2n) is 7.55. The Labute approximate surface area is 194 Å². The summed E-state index contributed by atoms with van der Waals surface area (Å²) < 4.78 is 55.9. The number of carbonyl (C=O) groups excluding carboxylic acids is 1. The topological polar surface area (TPSA) is 116 Å². The van der Waals surface area contributed by atoms with E-state index >= 15 is 4.39 Å². The van der Waals surface area contributed by atoms with E-state index in [4.69, 9.17) is 5.26 Å². The van der Waals surface area contributed by atoms with Crippen molar-refractivity contribution in [2.45, 2.75) is 13.3 Å². The number of aromatic nitrogens is 2. The molecule has 4 aromatic rings. The first-order valence-electron chi connectivity index (χ1n) is 10.2. The lowest BCUT2D eigenvalue weighted by molar-refractivity contribution is 0.103. The number of fused-ring (bicyclic) bond motifs is 1. The Morgan fingerprint density at radius 3 is 2.71 bits per heavy atom. The van der Waals surface area contributed by atoms with E-state index < -0.39 is 38.7 Å². The largest absolute Gasteiger partial charge is 0.345 e. The average molecular weight is 480 g/mol. The summed E-state index contributed by atoms with van der Waals surface area (Å²) in [6, 6.07) is 12.2. The number of H-pyrrole nitrogens is 1. The molecule has 2 N–H and O–H groups in total. The van der Waals surface area contributed by atoms with Crippen LogP contribution in [0, 0.1) is 23.0 Å². The van der Waals surface area contributed by atoms with Crippen molar-refractivity contribution in [1.29, 1.82) is 5.26 Å². The van der Waals surface area contributed by atoms with Crippen LogP contribution in [0.15, 0.2) is 54.9 Å². The molecular formula is C24H18F2N4O3S. The zero-order valence-corrected chi connectivity index (χ0v) is 18.7. The highest BCUT2D eigenvalue weighted by molar-refractivity contribution is 7.92. The lowest BCUT2D eigenvalue weighted by Gasteiger charge is -2.11. The number of benzene rings is 2. The van der Waals surface area contributed by atoms with Gasteiger partial charge in [0.1, 0.15) is 11.5 Å². The quantitative estimate of drug-likeness (QED) is 0.370. The first-order chi connectivity index (χ1) is 16.2. The molecule has 2 aromatic heterocycles. The average Bonchev–Trinajstić information content (AvgIpc) is 3.24. The number of hydrogen-bond donors (Lipinski definition) is 2. The fraction of sp³-hybridized carbons (Fsp3) is 0.125. The van der Waals surface area contributed by atoms with Crippen molar-refractivity contribution in [2.75, 3.05) is 10.5 Å². The highest BCUT2D eigenvalue weighted by Crippen LogP contribution is 2.30. The zero-order valence-electron chi connectivity index (χ0n) is 17.9. The molecule has 0 aliphatic heterocycles.